The first-order valence-corrected chi connectivity index (χ1v) is 17.6. The molecule has 1 saturated heterocycles. The minimum atomic E-state index is -0.870. The normalized spacial score (nSPS) is 14.8. The minimum Gasteiger partial charge on any atom is -0.506 e. The molecule has 2 amide bonds. The summed E-state index contributed by atoms with van der Waals surface area (Å²) in [5.74, 6) is -0.0561. The second kappa shape index (κ2) is 16.2. The molecule has 4 aromatic carbocycles. The number of likely N-dealkylation sites (tertiary alicyclic amines) is 1. The number of aliphatic hydroxyl groups excluding tert-OH is 1. The van der Waals surface area contributed by atoms with Gasteiger partial charge in [-0.3, -0.25) is 14.9 Å². The van der Waals surface area contributed by atoms with Crippen molar-refractivity contribution in [3.05, 3.63) is 124 Å². The number of pyridine rings is 1. The lowest BCUT2D eigenvalue weighted by atomic mass is 10.00. The van der Waals surface area contributed by atoms with Crippen LogP contribution in [0.2, 0.25) is 0 Å². The van der Waals surface area contributed by atoms with E-state index >= 15 is 0 Å². The molecule has 5 N–H and O–H groups in total. The molecule has 11 heteroatoms. The highest BCUT2D eigenvalue weighted by Gasteiger charge is 2.28. The summed E-state index contributed by atoms with van der Waals surface area (Å²) in [5.41, 5.74) is 5.76. The number of quaternary nitrogens is 1. The van der Waals surface area contributed by atoms with Crippen LogP contribution < -0.4 is 21.1 Å². The van der Waals surface area contributed by atoms with Crippen LogP contribution in [0.3, 0.4) is 0 Å². The maximum absolute atomic E-state index is 13.1. The minimum absolute atomic E-state index is 0.0561. The number of H-pyrrole nitrogens is 1. The van der Waals surface area contributed by atoms with E-state index in [1.165, 1.54) is 12.1 Å². The van der Waals surface area contributed by atoms with Gasteiger partial charge >= 0.3 is 6.09 Å². The van der Waals surface area contributed by atoms with Gasteiger partial charge in [-0.2, -0.15) is 0 Å². The highest BCUT2D eigenvalue weighted by molar-refractivity contribution is 5.92. The van der Waals surface area contributed by atoms with Crippen LogP contribution in [0.15, 0.2) is 102 Å². The van der Waals surface area contributed by atoms with Crippen molar-refractivity contribution >= 4 is 34.8 Å². The molecule has 1 atom stereocenters. The van der Waals surface area contributed by atoms with E-state index in [9.17, 15) is 24.6 Å². The Morgan fingerprint density at radius 3 is 2.44 bits per heavy atom. The van der Waals surface area contributed by atoms with Crippen molar-refractivity contribution in [2.75, 3.05) is 50.5 Å². The van der Waals surface area contributed by atoms with Crippen LogP contribution >= 0.6 is 0 Å². The van der Waals surface area contributed by atoms with Gasteiger partial charge in [-0.15, -0.1) is 0 Å². The number of piperidine rings is 1. The summed E-state index contributed by atoms with van der Waals surface area (Å²) >= 11 is 0. The second-order valence-corrected chi connectivity index (χ2v) is 14.0. The molecule has 11 nitrogen and oxygen atoms in total. The molecule has 0 unspecified atom stereocenters. The number of amides is 2. The summed E-state index contributed by atoms with van der Waals surface area (Å²) < 4.78 is 6.76. The highest BCUT2D eigenvalue weighted by atomic mass is 16.6. The van der Waals surface area contributed by atoms with E-state index in [1.54, 1.807) is 17.0 Å². The van der Waals surface area contributed by atoms with Gasteiger partial charge in [0.1, 0.15) is 11.9 Å². The number of fused-ring (bicyclic) bond motifs is 1. The van der Waals surface area contributed by atoms with Crippen LogP contribution in [0.25, 0.3) is 22.0 Å². The molecule has 1 aliphatic heterocycles. The van der Waals surface area contributed by atoms with Gasteiger partial charge in [0.2, 0.25) is 12.0 Å². The Labute approximate surface area is 303 Å². The van der Waals surface area contributed by atoms with Gasteiger partial charge in [-0.05, 0) is 59.0 Å². The number of nitrogens with zero attached hydrogens (tertiary/aromatic N) is 2. The summed E-state index contributed by atoms with van der Waals surface area (Å²) in [4.78, 5) is 41.2. The summed E-state index contributed by atoms with van der Waals surface area (Å²) in [7, 11) is 4.38. The van der Waals surface area contributed by atoms with E-state index in [4.69, 9.17) is 4.74 Å². The lowest BCUT2D eigenvalue weighted by Gasteiger charge is -2.36. The van der Waals surface area contributed by atoms with Crippen molar-refractivity contribution in [1.82, 2.24) is 10.3 Å². The van der Waals surface area contributed by atoms with Gasteiger partial charge in [-0.25, -0.2) is 4.79 Å². The van der Waals surface area contributed by atoms with E-state index in [-0.39, 0.29) is 24.0 Å². The van der Waals surface area contributed by atoms with Crippen molar-refractivity contribution in [3.8, 4) is 16.9 Å². The van der Waals surface area contributed by atoms with Crippen molar-refractivity contribution < 1.29 is 29.0 Å². The molecule has 2 heterocycles. The zero-order valence-electron chi connectivity index (χ0n) is 29.5. The zero-order valence-corrected chi connectivity index (χ0v) is 29.5. The Hall–Kier alpha value is -5.49. The maximum Gasteiger partial charge on any atom is 0.411 e. The zero-order chi connectivity index (χ0) is 36.7. The number of carbonyl (C=O) groups is 2. The van der Waals surface area contributed by atoms with E-state index in [2.05, 4.69) is 29.7 Å². The molecule has 6 rings (SSSR count). The number of phenolic OH excluding ortho intramolecular Hbond substituents is 1. The quantitative estimate of drug-likeness (QED) is 0.0780. The molecule has 1 aliphatic rings. The largest absolute Gasteiger partial charge is 0.506 e. The number of phenols is 1. The van der Waals surface area contributed by atoms with Crippen LogP contribution in [-0.2, 0) is 22.5 Å². The number of aliphatic hydroxyl groups is 1. The van der Waals surface area contributed by atoms with Crippen molar-refractivity contribution in [2.24, 2.45) is 0 Å². The first-order valence-electron chi connectivity index (χ1n) is 17.6. The summed E-state index contributed by atoms with van der Waals surface area (Å²) in [6, 6.07) is 29.6. The van der Waals surface area contributed by atoms with E-state index in [0.29, 0.717) is 41.7 Å². The molecule has 0 aliphatic carbocycles. The number of nitrogens with one attached hydrogen (secondary N) is 3. The fraction of sp³-hybridized carbons (Fsp3) is 0.293. The van der Waals surface area contributed by atoms with E-state index in [1.807, 2.05) is 72.8 Å². The van der Waals surface area contributed by atoms with Gasteiger partial charge in [0, 0.05) is 55.2 Å². The molecule has 0 saturated carbocycles. The van der Waals surface area contributed by atoms with Gasteiger partial charge in [-0.1, -0.05) is 60.7 Å². The number of aromatic nitrogens is 1. The lowest BCUT2D eigenvalue weighted by molar-refractivity contribution is -0.896. The van der Waals surface area contributed by atoms with E-state index < -0.39 is 12.2 Å². The predicted molar refractivity (Wildman–Crippen MR) is 203 cm³/mol. The number of hydrogen-bond donors (Lipinski definition) is 5. The van der Waals surface area contributed by atoms with Gasteiger partial charge < -0.3 is 34.6 Å². The van der Waals surface area contributed by atoms with Crippen LogP contribution in [-0.4, -0.2) is 78.6 Å². The third-order valence-corrected chi connectivity index (χ3v) is 9.76. The molecule has 52 heavy (non-hydrogen) atoms. The standard InChI is InChI=1S/C41H45N5O6/c1-46(2)22-19-32(20-23-46)52-41(51)43-36-24-28(10-13-33(36)30-6-4-3-5-7-30)18-21-45(27-47)31-11-8-29(9-12-31)25-42-26-38(49)34-14-16-37(48)40-35(34)15-17-39(50)44-40/h3-17,24,27,32,38,42,49H,18-23,25-26H2,1-2H3,(H2-,43,44,48,50,51)/p+1/t38-/m1/s1. The predicted octanol–water partition coefficient (Wildman–Crippen LogP) is 5.72. The fourth-order valence-electron chi connectivity index (χ4n) is 6.68. The van der Waals surface area contributed by atoms with Gasteiger partial charge in [0.15, 0.2) is 0 Å². The number of ether oxygens (including phenoxy) is 1. The van der Waals surface area contributed by atoms with Crippen molar-refractivity contribution in [3.63, 3.8) is 0 Å². The Bertz CT molecular complexity index is 2050. The molecule has 0 bridgehead atoms. The monoisotopic (exact) mass is 704 g/mol. The van der Waals surface area contributed by atoms with Gasteiger partial charge in [0.25, 0.3) is 0 Å². The summed E-state index contributed by atoms with van der Waals surface area (Å²) in [5, 5.41) is 27.8. The van der Waals surface area contributed by atoms with Crippen molar-refractivity contribution in [2.45, 2.75) is 38.0 Å². The molecular formula is C41H46N5O6+. The molecule has 1 aromatic heterocycles. The first-order chi connectivity index (χ1) is 25.1. The molecule has 5 aromatic rings. The number of hydrogen-bond acceptors (Lipinski definition) is 7. The van der Waals surface area contributed by atoms with Crippen LogP contribution in [0.1, 0.15) is 35.6 Å². The number of benzene rings is 4. The number of aromatic amines is 1. The van der Waals surface area contributed by atoms with Crippen LogP contribution in [0, 0.1) is 0 Å². The topological polar surface area (TPSA) is 144 Å². The SMILES string of the molecule is C[N+]1(C)CCC(OC(=O)Nc2cc(CCN(C=O)c3ccc(CNC[C@@H](O)c4ccc(O)c5[nH]c(=O)ccc45)cc3)ccc2-c2ccccc2)CC1. The maximum atomic E-state index is 13.1. The average Bonchev–Trinajstić information content (AvgIpc) is 3.14. The molecular weight excluding hydrogens is 658 g/mol. The Morgan fingerprint density at radius 1 is 0.981 bits per heavy atom. The molecule has 0 spiro atoms. The van der Waals surface area contributed by atoms with Crippen LogP contribution in [0.4, 0.5) is 16.2 Å². The third-order valence-electron chi connectivity index (χ3n) is 9.76. The average molecular weight is 705 g/mol. The highest BCUT2D eigenvalue weighted by Crippen LogP contribution is 2.31. The van der Waals surface area contributed by atoms with Crippen LogP contribution in [0.5, 0.6) is 5.75 Å². The number of anilines is 2. The number of carbonyl (C=O) groups excluding carboxylic acids is 2. The Balaban J connectivity index is 1.06. The smallest absolute Gasteiger partial charge is 0.411 e. The lowest BCUT2D eigenvalue weighted by Crippen LogP contribution is -2.48. The Morgan fingerprint density at radius 2 is 1.71 bits per heavy atom. The third kappa shape index (κ3) is 9.05. The fourth-order valence-corrected chi connectivity index (χ4v) is 6.68. The van der Waals surface area contributed by atoms with Gasteiger partial charge in [0.05, 0.1) is 44.5 Å². The Kier molecular flexibility index (Phi) is 11.3. The molecule has 0 radical (unpaired) electrons. The number of rotatable bonds is 13. The number of aromatic hydroxyl groups is 1. The summed E-state index contributed by atoms with van der Waals surface area (Å²) in [6.45, 7) is 3.09. The molecule has 270 valence electrons. The second-order valence-electron chi connectivity index (χ2n) is 14.0. The van der Waals surface area contributed by atoms with Crippen molar-refractivity contribution in [1.29, 1.82) is 0 Å². The summed E-state index contributed by atoms with van der Waals surface area (Å²) in [6.07, 6.45) is 1.60. The molecule has 1 fully saturated rings. The van der Waals surface area contributed by atoms with E-state index in [0.717, 1.165) is 64.8 Å². The first kappa shape index (κ1) is 36.3.